The number of nitrogens with one attached hydrogen (secondary N) is 1. The van der Waals surface area contributed by atoms with Gasteiger partial charge in [-0.3, -0.25) is 24.2 Å². The Morgan fingerprint density at radius 2 is 1.74 bits per heavy atom. The topological polar surface area (TPSA) is 109 Å². The van der Waals surface area contributed by atoms with Gasteiger partial charge in [-0.25, -0.2) is 13.2 Å². The second-order valence-electron chi connectivity index (χ2n) is 12.7. The first-order valence-corrected chi connectivity index (χ1v) is 14.9. The summed E-state index contributed by atoms with van der Waals surface area (Å²) in [6.07, 6.45) is 2.25. The number of fused-ring (bicyclic) bond motifs is 1. The van der Waals surface area contributed by atoms with Crippen LogP contribution in [0.25, 0.3) is 11.1 Å². The summed E-state index contributed by atoms with van der Waals surface area (Å²) in [5.74, 6) is -6.41. The fraction of sp³-hybridized carbons (Fsp3) is 0.382. The van der Waals surface area contributed by atoms with E-state index in [1.54, 1.807) is 58.4 Å². The average Bonchev–Trinajstić information content (AvgIpc) is 3.07. The number of hydrogen-bond donors (Lipinski definition) is 1. The van der Waals surface area contributed by atoms with Gasteiger partial charge in [0.05, 0.1) is 23.8 Å². The Hall–Kier alpha value is -4.74. The van der Waals surface area contributed by atoms with Crippen molar-refractivity contribution in [2.45, 2.75) is 52.1 Å². The van der Waals surface area contributed by atoms with E-state index in [0.29, 0.717) is 16.8 Å². The van der Waals surface area contributed by atoms with Gasteiger partial charge in [0, 0.05) is 56.4 Å². The normalized spacial score (nSPS) is 18.0. The fourth-order valence-corrected chi connectivity index (χ4v) is 5.54. The Morgan fingerprint density at radius 3 is 2.41 bits per heavy atom. The van der Waals surface area contributed by atoms with E-state index in [1.165, 1.54) is 21.9 Å². The molecule has 3 amide bonds. The number of benzene rings is 2. The summed E-state index contributed by atoms with van der Waals surface area (Å²) in [6.45, 7) is 4.87. The number of rotatable bonds is 9. The van der Waals surface area contributed by atoms with Crippen molar-refractivity contribution in [3.63, 3.8) is 0 Å². The van der Waals surface area contributed by atoms with Gasteiger partial charge >= 0.3 is 5.97 Å². The largest absolute Gasteiger partial charge is 0.465 e. The summed E-state index contributed by atoms with van der Waals surface area (Å²) in [5, 5.41) is 2.70. The predicted molar refractivity (Wildman–Crippen MR) is 164 cm³/mol. The first-order chi connectivity index (χ1) is 21.6. The molecule has 2 aromatic carbocycles. The fourth-order valence-electron chi connectivity index (χ4n) is 5.54. The van der Waals surface area contributed by atoms with Crippen LogP contribution < -0.4 is 10.2 Å². The maximum absolute atomic E-state index is 14.8. The minimum atomic E-state index is -2.84. The molecule has 1 aromatic heterocycles. The summed E-state index contributed by atoms with van der Waals surface area (Å²) < 4.78 is 46.1. The third-order valence-electron chi connectivity index (χ3n) is 8.35. The van der Waals surface area contributed by atoms with Crippen molar-refractivity contribution in [2.75, 3.05) is 25.1 Å². The van der Waals surface area contributed by atoms with Crippen molar-refractivity contribution in [3.05, 3.63) is 83.4 Å². The SMILES string of the molecule is C[C@@H]1C(=O)N(C)c2cc(-c3ccncc3)ccc2C(=O)N1Cc1cc(F)cc(C(=O)NCC(C)(C)COC(=O)C2CC(F)(F)C2)c1. The number of likely N-dealkylation sites (N-methyl/N-ethyl adjacent to an activating group) is 1. The molecule has 0 saturated heterocycles. The quantitative estimate of drug-likeness (QED) is 0.322. The van der Waals surface area contributed by atoms with Gasteiger partial charge in [-0.05, 0) is 66.1 Å². The molecule has 1 aliphatic carbocycles. The number of carbonyl (C=O) groups is 4. The first kappa shape index (κ1) is 32.6. The van der Waals surface area contributed by atoms with Crippen LogP contribution in [0, 0.1) is 17.2 Å². The van der Waals surface area contributed by atoms with Crippen molar-refractivity contribution >= 4 is 29.4 Å². The van der Waals surface area contributed by atoms with Crippen molar-refractivity contribution in [3.8, 4) is 11.1 Å². The number of hydrogen-bond acceptors (Lipinski definition) is 6. The molecule has 1 aliphatic heterocycles. The van der Waals surface area contributed by atoms with Crippen molar-refractivity contribution in [1.29, 1.82) is 0 Å². The van der Waals surface area contributed by atoms with Crippen LogP contribution in [0.3, 0.4) is 0 Å². The zero-order chi connectivity index (χ0) is 33.4. The molecule has 1 saturated carbocycles. The molecule has 1 N–H and O–H groups in total. The molecule has 46 heavy (non-hydrogen) atoms. The monoisotopic (exact) mass is 636 g/mol. The molecule has 9 nitrogen and oxygen atoms in total. The third-order valence-corrected chi connectivity index (χ3v) is 8.35. The van der Waals surface area contributed by atoms with Gasteiger partial charge in [-0.1, -0.05) is 19.9 Å². The Morgan fingerprint density at radius 1 is 1.04 bits per heavy atom. The number of anilines is 1. The molecule has 12 heteroatoms. The summed E-state index contributed by atoms with van der Waals surface area (Å²) >= 11 is 0. The Labute approximate surface area is 264 Å². The average molecular weight is 637 g/mol. The smallest absolute Gasteiger partial charge is 0.309 e. The van der Waals surface area contributed by atoms with Gasteiger partial charge in [0.1, 0.15) is 11.9 Å². The molecule has 0 bridgehead atoms. The maximum atomic E-state index is 14.8. The minimum absolute atomic E-state index is 0.000237. The lowest BCUT2D eigenvalue weighted by Gasteiger charge is -2.34. The molecular formula is C34H35F3N4O5. The predicted octanol–water partition coefficient (Wildman–Crippen LogP) is 5.24. The van der Waals surface area contributed by atoms with Crippen LogP contribution >= 0.6 is 0 Å². The van der Waals surface area contributed by atoms with E-state index in [0.717, 1.165) is 17.2 Å². The van der Waals surface area contributed by atoms with E-state index in [-0.39, 0.29) is 31.2 Å². The zero-order valence-electron chi connectivity index (χ0n) is 26.0. The van der Waals surface area contributed by atoms with Gasteiger partial charge in [-0.15, -0.1) is 0 Å². The highest BCUT2D eigenvalue weighted by Crippen LogP contribution is 2.43. The first-order valence-electron chi connectivity index (χ1n) is 14.9. The molecule has 2 heterocycles. The standard InChI is InChI=1S/C34H35F3N4O5/c1-20-30(43)40(4)28-14-23(22-7-9-38-10-8-22)5-6-27(28)31(44)41(20)17-21-11-24(13-26(35)12-21)29(42)39-18-33(2,3)19-46-32(45)25-15-34(36,37)16-25/h5-14,20,25H,15-19H2,1-4H3,(H,39,42)/t20-/m1/s1. The van der Waals surface area contributed by atoms with Crippen LogP contribution in [0.5, 0.6) is 0 Å². The van der Waals surface area contributed by atoms with Gasteiger partial charge < -0.3 is 19.9 Å². The molecule has 0 radical (unpaired) electrons. The number of pyridine rings is 1. The van der Waals surface area contributed by atoms with Gasteiger partial charge in [0.25, 0.3) is 11.8 Å². The lowest BCUT2D eigenvalue weighted by atomic mass is 9.81. The molecule has 0 unspecified atom stereocenters. The molecular weight excluding hydrogens is 601 g/mol. The number of alkyl halides is 2. The Kier molecular flexibility index (Phi) is 8.92. The molecule has 242 valence electrons. The molecule has 5 rings (SSSR count). The number of halogens is 3. The van der Waals surface area contributed by atoms with Crippen LogP contribution in [0.15, 0.2) is 60.9 Å². The van der Waals surface area contributed by atoms with Crippen molar-refractivity contribution < 1.29 is 37.1 Å². The molecule has 1 atom stereocenters. The molecule has 1 fully saturated rings. The van der Waals surface area contributed by atoms with Crippen molar-refractivity contribution in [2.24, 2.45) is 11.3 Å². The van der Waals surface area contributed by atoms with Crippen LogP contribution in [-0.4, -0.2) is 65.7 Å². The highest BCUT2D eigenvalue weighted by molar-refractivity contribution is 6.11. The lowest BCUT2D eigenvalue weighted by molar-refractivity contribution is -0.174. The Bertz CT molecular complexity index is 1670. The van der Waals surface area contributed by atoms with E-state index in [2.05, 4.69) is 10.3 Å². The van der Waals surface area contributed by atoms with E-state index in [9.17, 15) is 32.3 Å². The molecule has 3 aromatic rings. The summed E-state index contributed by atoms with van der Waals surface area (Å²) in [6, 6.07) is 11.7. The minimum Gasteiger partial charge on any atom is -0.465 e. The second kappa shape index (κ2) is 12.6. The van der Waals surface area contributed by atoms with E-state index < -0.39 is 59.7 Å². The van der Waals surface area contributed by atoms with Crippen LogP contribution in [0.4, 0.5) is 18.9 Å². The van der Waals surface area contributed by atoms with E-state index >= 15 is 0 Å². The van der Waals surface area contributed by atoms with E-state index in [4.69, 9.17) is 4.74 Å². The van der Waals surface area contributed by atoms with Crippen molar-refractivity contribution in [1.82, 2.24) is 15.2 Å². The number of amides is 3. The molecule has 2 aliphatic rings. The van der Waals surface area contributed by atoms with Crippen LogP contribution in [0.2, 0.25) is 0 Å². The number of esters is 1. The van der Waals surface area contributed by atoms with Gasteiger partial charge in [0.15, 0.2) is 0 Å². The maximum Gasteiger partial charge on any atom is 0.309 e. The lowest BCUT2D eigenvalue weighted by Crippen LogP contribution is -2.45. The summed E-state index contributed by atoms with van der Waals surface area (Å²) in [7, 11) is 1.60. The molecule has 0 spiro atoms. The zero-order valence-corrected chi connectivity index (χ0v) is 26.0. The number of ether oxygens (including phenoxy) is 1. The summed E-state index contributed by atoms with van der Waals surface area (Å²) in [5.41, 5.74) is 2.00. The van der Waals surface area contributed by atoms with Crippen LogP contribution in [-0.2, 0) is 20.9 Å². The number of carbonyl (C=O) groups excluding carboxylic acids is 4. The third kappa shape index (κ3) is 7.05. The number of aromatic nitrogens is 1. The highest BCUT2D eigenvalue weighted by atomic mass is 19.3. The summed E-state index contributed by atoms with van der Waals surface area (Å²) in [4.78, 5) is 59.2. The van der Waals surface area contributed by atoms with E-state index in [1.807, 2.05) is 12.1 Å². The number of nitrogens with zero attached hydrogens (tertiary/aromatic N) is 3. The van der Waals surface area contributed by atoms with Gasteiger partial charge in [-0.2, -0.15) is 0 Å². The highest BCUT2D eigenvalue weighted by Gasteiger charge is 2.49. The second-order valence-corrected chi connectivity index (χ2v) is 12.7. The van der Waals surface area contributed by atoms with Gasteiger partial charge in [0.2, 0.25) is 11.8 Å². The van der Waals surface area contributed by atoms with Crippen LogP contribution in [0.1, 0.15) is 59.9 Å². The Balaban J connectivity index is 1.28.